The van der Waals surface area contributed by atoms with Gasteiger partial charge in [-0.15, -0.1) is 0 Å². The third-order valence-corrected chi connectivity index (χ3v) is 4.74. The van der Waals surface area contributed by atoms with Crippen molar-refractivity contribution in [1.82, 2.24) is 4.57 Å². The molecular formula is C22H19NO6. The summed E-state index contributed by atoms with van der Waals surface area (Å²) >= 11 is 0. The second kappa shape index (κ2) is 7.35. The van der Waals surface area contributed by atoms with Crippen molar-refractivity contribution in [3.8, 4) is 17.2 Å². The van der Waals surface area contributed by atoms with Gasteiger partial charge in [-0.3, -0.25) is 4.79 Å². The van der Waals surface area contributed by atoms with Crippen LogP contribution in [0, 0.1) is 0 Å². The third kappa shape index (κ3) is 3.42. The minimum atomic E-state index is -0.491. The highest BCUT2D eigenvalue weighted by Crippen LogP contribution is 2.36. The summed E-state index contributed by atoms with van der Waals surface area (Å²) in [5.41, 5.74) is 2.30. The number of methoxy groups -OCH3 is 2. The first kappa shape index (κ1) is 18.6. The second-order valence-electron chi connectivity index (χ2n) is 6.54. The molecule has 0 radical (unpaired) electrons. The molecule has 2 heterocycles. The van der Waals surface area contributed by atoms with Gasteiger partial charge in [0.25, 0.3) is 0 Å². The molecule has 4 rings (SSSR count). The van der Waals surface area contributed by atoms with E-state index < -0.39 is 5.97 Å². The van der Waals surface area contributed by atoms with E-state index in [0.29, 0.717) is 17.1 Å². The fourth-order valence-electron chi connectivity index (χ4n) is 3.24. The number of ether oxygens (including phenoxy) is 4. The van der Waals surface area contributed by atoms with E-state index in [1.165, 1.54) is 7.11 Å². The molecule has 29 heavy (non-hydrogen) atoms. The van der Waals surface area contributed by atoms with Gasteiger partial charge in [0.2, 0.25) is 5.78 Å². The van der Waals surface area contributed by atoms with Crippen molar-refractivity contribution in [2.75, 3.05) is 20.8 Å². The lowest BCUT2D eigenvalue weighted by Gasteiger charge is -2.05. The normalized spacial score (nSPS) is 14.0. The van der Waals surface area contributed by atoms with Gasteiger partial charge in [0, 0.05) is 35.8 Å². The highest BCUT2D eigenvalue weighted by atomic mass is 16.6. The standard InChI is InChI=1S/C22H19NO6/c1-23-11-13(17-9-14(26-2)5-7-18(17)23)8-20-22(25)16-6-4-15(10-19(16)29-20)28-12-21(24)27-3/h4-11H,12H2,1-3H3/b20-8+. The Bertz CT molecular complexity index is 1160. The van der Waals surface area contributed by atoms with E-state index in [1.54, 1.807) is 31.4 Å². The van der Waals surface area contributed by atoms with Crippen molar-refractivity contribution < 1.29 is 28.5 Å². The number of carbonyl (C=O) groups is 2. The second-order valence-corrected chi connectivity index (χ2v) is 6.54. The van der Waals surface area contributed by atoms with Gasteiger partial charge in [-0.2, -0.15) is 0 Å². The van der Waals surface area contributed by atoms with E-state index in [2.05, 4.69) is 4.74 Å². The average molecular weight is 393 g/mol. The predicted octanol–water partition coefficient (Wildman–Crippen LogP) is 3.35. The molecule has 148 valence electrons. The number of fused-ring (bicyclic) bond motifs is 2. The summed E-state index contributed by atoms with van der Waals surface area (Å²) in [5.74, 6) is 1.06. The maximum atomic E-state index is 12.8. The number of ketones is 1. The zero-order valence-corrected chi connectivity index (χ0v) is 16.2. The maximum absolute atomic E-state index is 12.8. The number of Topliss-reactive ketones (excluding diaryl/α,β-unsaturated/α-hetero) is 1. The Morgan fingerprint density at radius 3 is 2.69 bits per heavy atom. The fraction of sp³-hybridized carbons (Fsp3) is 0.182. The lowest BCUT2D eigenvalue weighted by molar-refractivity contribution is -0.142. The van der Waals surface area contributed by atoms with Crippen molar-refractivity contribution in [3.05, 3.63) is 59.5 Å². The van der Waals surface area contributed by atoms with Crippen LogP contribution in [0.25, 0.3) is 17.0 Å². The molecule has 7 nitrogen and oxygen atoms in total. The molecule has 0 atom stereocenters. The van der Waals surface area contributed by atoms with Crippen LogP contribution in [0.2, 0.25) is 0 Å². The van der Waals surface area contributed by atoms with Crippen LogP contribution in [0.15, 0.2) is 48.4 Å². The molecule has 1 aliphatic heterocycles. The van der Waals surface area contributed by atoms with Crippen molar-refractivity contribution in [2.45, 2.75) is 0 Å². The zero-order chi connectivity index (χ0) is 20.5. The maximum Gasteiger partial charge on any atom is 0.343 e. The number of hydrogen-bond donors (Lipinski definition) is 0. The van der Waals surface area contributed by atoms with Gasteiger partial charge >= 0.3 is 5.97 Å². The summed E-state index contributed by atoms with van der Waals surface area (Å²) in [6.07, 6.45) is 3.65. The van der Waals surface area contributed by atoms with Crippen LogP contribution >= 0.6 is 0 Å². The van der Waals surface area contributed by atoms with E-state index in [9.17, 15) is 9.59 Å². The predicted molar refractivity (Wildman–Crippen MR) is 106 cm³/mol. The summed E-state index contributed by atoms with van der Waals surface area (Å²) in [6, 6.07) is 10.6. The first-order valence-corrected chi connectivity index (χ1v) is 8.91. The zero-order valence-electron chi connectivity index (χ0n) is 16.2. The third-order valence-electron chi connectivity index (χ3n) is 4.74. The number of esters is 1. The number of aryl methyl sites for hydroxylation is 1. The van der Waals surface area contributed by atoms with Gasteiger partial charge < -0.3 is 23.5 Å². The summed E-state index contributed by atoms with van der Waals surface area (Å²) in [7, 11) is 4.84. The van der Waals surface area contributed by atoms with E-state index >= 15 is 0 Å². The molecule has 0 bridgehead atoms. The molecule has 7 heteroatoms. The number of allylic oxidation sites excluding steroid dienone is 1. The first-order valence-electron chi connectivity index (χ1n) is 8.91. The molecule has 0 N–H and O–H groups in total. The van der Waals surface area contributed by atoms with Crippen molar-refractivity contribution in [1.29, 1.82) is 0 Å². The minimum absolute atomic E-state index is 0.209. The lowest BCUT2D eigenvalue weighted by atomic mass is 10.1. The Balaban J connectivity index is 1.64. The molecule has 3 aromatic rings. The number of carbonyl (C=O) groups excluding carboxylic acids is 2. The average Bonchev–Trinajstić information content (AvgIpc) is 3.22. The van der Waals surface area contributed by atoms with E-state index in [4.69, 9.17) is 14.2 Å². The number of benzene rings is 2. The molecule has 0 saturated carbocycles. The van der Waals surface area contributed by atoms with Gasteiger partial charge in [0.05, 0.1) is 19.8 Å². The van der Waals surface area contributed by atoms with Crippen molar-refractivity contribution in [3.63, 3.8) is 0 Å². The van der Waals surface area contributed by atoms with Gasteiger partial charge in [0.15, 0.2) is 12.4 Å². The van der Waals surface area contributed by atoms with Gasteiger partial charge in [-0.25, -0.2) is 4.79 Å². The van der Waals surface area contributed by atoms with Crippen LogP contribution in [0.3, 0.4) is 0 Å². The summed E-state index contributed by atoms with van der Waals surface area (Å²) in [5, 5.41) is 0.953. The van der Waals surface area contributed by atoms with Crippen LogP contribution < -0.4 is 14.2 Å². The fourth-order valence-corrected chi connectivity index (χ4v) is 3.24. The topological polar surface area (TPSA) is 76.0 Å². The molecule has 1 aromatic heterocycles. The number of rotatable bonds is 5. The summed E-state index contributed by atoms with van der Waals surface area (Å²) in [4.78, 5) is 24.0. The molecule has 0 saturated heterocycles. The highest BCUT2D eigenvalue weighted by molar-refractivity contribution is 6.15. The molecule has 1 aliphatic rings. The number of hydrogen-bond acceptors (Lipinski definition) is 6. The molecule has 0 spiro atoms. The van der Waals surface area contributed by atoms with Gasteiger partial charge in [-0.05, 0) is 36.4 Å². The molecule has 0 amide bonds. The highest BCUT2D eigenvalue weighted by Gasteiger charge is 2.28. The van der Waals surface area contributed by atoms with Crippen LogP contribution in [0.4, 0.5) is 0 Å². The van der Waals surface area contributed by atoms with Crippen LogP contribution in [0.1, 0.15) is 15.9 Å². The smallest absolute Gasteiger partial charge is 0.343 e. The molecule has 0 unspecified atom stereocenters. The molecule has 0 fully saturated rings. The van der Waals surface area contributed by atoms with Crippen LogP contribution in [0.5, 0.6) is 17.2 Å². The quantitative estimate of drug-likeness (QED) is 0.489. The van der Waals surface area contributed by atoms with Crippen LogP contribution in [-0.2, 0) is 16.6 Å². The van der Waals surface area contributed by atoms with Crippen molar-refractivity contribution in [2.24, 2.45) is 7.05 Å². The summed E-state index contributed by atoms with van der Waals surface area (Å²) < 4.78 is 23.0. The first-order chi connectivity index (χ1) is 14.0. The Hall–Kier alpha value is -3.74. The number of aromatic nitrogens is 1. The van der Waals surface area contributed by atoms with E-state index in [1.807, 2.05) is 36.0 Å². The van der Waals surface area contributed by atoms with E-state index in [-0.39, 0.29) is 18.1 Å². The molecule has 0 aliphatic carbocycles. The van der Waals surface area contributed by atoms with Crippen molar-refractivity contribution >= 4 is 28.7 Å². The Morgan fingerprint density at radius 2 is 1.93 bits per heavy atom. The minimum Gasteiger partial charge on any atom is -0.497 e. The molecule has 2 aromatic carbocycles. The largest absolute Gasteiger partial charge is 0.497 e. The van der Waals surface area contributed by atoms with E-state index in [0.717, 1.165) is 22.2 Å². The monoisotopic (exact) mass is 393 g/mol. The SMILES string of the molecule is COC(=O)COc1ccc2c(c1)O/C(=C/c1cn(C)c3ccc(OC)cc13)C2=O. The summed E-state index contributed by atoms with van der Waals surface area (Å²) in [6.45, 7) is -0.218. The molecular weight excluding hydrogens is 374 g/mol. The van der Waals surface area contributed by atoms with Gasteiger partial charge in [0.1, 0.15) is 17.2 Å². The lowest BCUT2D eigenvalue weighted by Crippen LogP contribution is -2.12. The Kier molecular flexibility index (Phi) is 4.72. The van der Waals surface area contributed by atoms with Crippen LogP contribution in [-0.4, -0.2) is 37.1 Å². The number of nitrogens with zero attached hydrogens (tertiary/aromatic N) is 1. The Morgan fingerprint density at radius 1 is 1.14 bits per heavy atom. The van der Waals surface area contributed by atoms with Gasteiger partial charge in [-0.1, -0.05) is 0 Å². The Labute approximate surface area is 167 Å².